The van der Waals surface area contributed by atoms with Gasteiger partial charge in [-0.3, -0.25) is 9.59 Å². The molecule has 6 rings (SSSR count). The number of anilines is 3. The number of nitrogens with one attached hydrogen (secondary N) is 4. The quantitative estimate of drug-likeness (QED) is 0.00906. The predicted molar refractivity (Wildman–Crippen MR) is 307 cm³/mol. The van der Waals surface area contributed by atoms with Crippen molar-refractivity contribution in [1.82, 2.24) is 4.98 Å². The molecule has 0 aliphatic carbocycles. The summed E-state index contributed by atoms with van der Waals surface area (Å²) in [6.45, 7) is 5.98. The minimum absolute atomic E-state index is 0.172. The number of aromatic amines is 1. The number of hydrogen-bond acceptors (Lipinski definition) is 16. The average molecular weight is 1060 g/mol. The van der Waals surface area contributed by atoms with Crippen molar-refractivity contribution >= 4 is 57.8 Å². The Balaban J connectivity index is 1.25. The summed E-state index contributed by atoms with van der Waals surface area (Å²) in [7, 11) is 13.8. The maximum absolute atomic E-state index is 13.8. The SMILES string of the molecule is C\C=C(OC)/C(OC)=C(\C=C(C)\C=C/c1cc(OCC)c(OC)cc1N/C=C\C(=O)c1c[nH]c2ccccc12)ONc1cc(C(=O)/C=C\Nc2cc(OC)c(OC)cc2/C=C\c2cc(OC)c(OC)c(OC)c2)ccc1OC. The van der Waals surface area contributed by atoms with E-state index in [-0.39, 0.29) is 23.1 Å². The Hall–Kier alpha value is -9.64. The number of methoxy groups -OCH3 is 9. The molecule has 17 nitrogen and oxygen atoms in total. The lowest BCUT2D eigenvalue weighted by Crippen LogP contribution is -2.09. The molecule has 0 aliphatic heterocycles. The van der Waals surface area contributed by atoms with Crippen LogP contribution in [-0.2, 0) is 14.3 Å². The minimum atomic E-state index is -0.329. The van der Waals surface area contributed by atoms with Crippen LogP contribution in [0, 0.1) is 0 Å². The topological polar surface area (TPSA) is 188 Å². The summed E-state index contributed by atoms with van der Waals surface area (Å²) in [5.74, 6) is 4.27. The number of fused-ring (bicyclic) bond motifs is 1. The third-order valence-corrected chi connectivity index (χ3v) is 11.9. The number of ketones is 2. The van der Waals surface area contributed by atoms with Crippen LogP contribution in [0.4, 0.5) is 17.1 Å². The van der Waals surface area contributed by atoms with Crippen molar-refractivity contribution in [2.75, 3.05) is 86.7 Å². The number of aromatic nitrogens is 1. The second-order valence-corrected chi connectivity index (χ2v) is 16.6. The Morgan fingerprint density at radius 1 is 0.590 bits per heavy atom. The van der Waals surface area contributed by atoms with Crippen LogP contribution in [0.25, 0.3) is 29.1 Å². The summed E-state index contributed by atoms with van der Waals surface area (Å²) in [4.78, 5) is 36.6. The Bertz CT molecular complexity index is 3280. The number of H-pyrrole nitrogens is 1. The highest BCUT2D eigenvalue weighted by atomic mass is 16.7. The first-order valence-corrected chi connectivity index (χ1v) is 24.5. The summed E-state index contributed by atoms with van der Waals surface area (Å²) < 4.78 is 56.6. The normalized spacial score (nSPS) is 12.2. The van der Waals surface area contributed by atoms with Gasteiger partial charge < -0.3 is 67.8 Å². The highest BCUT2D eigenvalue weighted by molar-refractivity contribution is 6.13. The molecule has 408 valence electrons. The van der Waals surface area contributed by atoms with Crippen LogP contribution < -0.4 is 54.0 Å². The first kappa shape index (κ1) is 57.6. The van der Waals surface area contributed by atoms with Crippen LogP contribution in [0.2, 0.25) is 0 Å². The molecular formula is C61H66N4O13. The number of ether oxygens (including phenoxy) is 10. The fourth-order valence-electron chi connectivity index (χ4n) is 8.02. The maximum Gasteiger partial charge on any atom is 0.206 e. The highest BCUT2D eigenvalue weighted by Gasteiger charge is 2.18. The molecule has 5 aromatic carbocycles. The second kappa shape index (κ2) is 28.3. The zero-order valence-electron chi connectivity index (χ0n) is 45.9. The van der Waals surface area contributed by atoms with Crippen LogP contribution >= 0.6 is 0 Å². The second-order valence-electron chi connectivity index (χ2n) is 16.6. The zero-order valence-corrected chi connectivity index (χ0v) is 45.9. The highest BCUT2D eigenvalue weighted by Crippen LogP contribution is 2.40. The number of benzene rings is 5. The molecule has 0 fully saturated rings. The van der Waals surface area contributed by atoms with E-state index in [4.69, 9.17) is 52.2 Å². The monoisotopic (exact) mass is 1060 g/mol. The summed E-state index contributed by atoms with van der Waals surface area (Å²) >= 11 is 0. The molecule has 0 saturated heterocycles. The number of para-hydroxylation sites is 1. The molecule has 0 saturated carbocycles. The van der Waals surface area contributed by atoms with Gasteiger partial charge in [0.25, 0.3) is 0 Å². The van der Waals surface area contributed by atoms with Crippen LogP contribution in [0.3, 0.4) is 0 Å². The van der Waals surface area contributed by atoms with Gasteiger partial charge in [0.1, 0.15) is 11.4 Å². The van der Waals surface area contributed by atoms with E-state index in [0.717, 1.165) is 33.2 Å². The van der Waals surface area contributed by atoms with Gasteiger partial charge in [-0.1, -0.05) is 42.5 Å². The van der Waals surface area contributed by atoms with E-state index in [2.05, 4.69) is 21.1 Å². The van der Waals surface area contributed by atoms with Gasteiger partial charge in [-0.15, -0.1) is 0 Å². The third kappa shape index (κ3) is 14.2. The maximum atomic E-state index is 13.8. The average Bonchev–Trinajstić information content (AvgIpc) is 3.91. The fraction of sp³-hybridized carbons (Fsp3) is 0.213. The number of carbonyl (C=O) groups is 2. The standard InChI is InChI=1S/C61H66N4O13/c1-13-51(68-4)60(75-11)59(29-38(3)19-21-40-34-56(77-14-2)55(72-8)36-47(40)63-28-26-50(67)44-37-64-45-18-16-15-17-43(44)45)78-65-48-32-42(23-24-52(48)69-5)49(66)25-27-62-46-35-54(71-7)53(70-6)33-41(46)22-20-39-30-57(73-9)61(76-12)58(31-39)74-10/h13,15-37,62-65H,14H2,1-12H3/b21-19-,22-20-,27-25-,28-26-,38-29+,51-13+,60-59-. The molecule has 78 heavy (non-hydrogen) atoms. The van der Waals surface area contributed by atoms with E-state index in [1.807, 2.05) is 86.7 Å². The third-order valence-electron chi connectivity index (χ3n) is 11.9. The van der Waals surface area contributed by atoms with E-state index in [1.54, 1.807) is 104 Å². The van der Waals surface area contributed by atoms with Gasteiger partial charge in [0.2, 0.25) is 17.3 Å². The number of hydrogen-bond donors (Lipinski definition) is 4. The van der Waals surface area contributed by atoms with Crippen molar-refractivity contribution in [1.29, 1.82) is 0 Å². The van der Waals surface area contributed by atoms with Crippen molar-refractivity contribution in [3.8, 4) is 46.0 Å². The number of carbonyl (C=O) groups excluding carboxylic acids is 2. The van der Waals surface area contributed by atoms with Crippen molar-refractivity contribution in [2.45, 2.75) is 20.8 Å². The van der Waals surface area contributed by atoms with Gasteiger partial charge >= 0.3 is 0 Å². The molecule has 0 spiro atoms. The Kier molecular flexibility index (Phi) is 20.9. The van der Waals surface area contributed by atoms with Crippen molar-refractivity contribution < 1.29 is 61.8 Å². The Morgan fingerprint density at radius 3 is 1.79 bits per heavy atom. The largest absolute Gasteiger partial charge is 0.494 e. The van der Waals surface area contributed by atoms with Gasteiger partial charge in [0, 0.05) is 87.4 Å². The molecule has 17 heteroatoms. The molecule has 6 aromatic rings. The molecule has 1 aromatic heterocycles. The number of rotatable bonds is 28. The van der Waals surface area contributed by atoms with Gasteiger partial charge in [-0.05, 0) is 92.6 Å². The van der Waals surface area contributed by atoms with Crippen LogP contribution in [0.15, 0.2) is 151 Å². The van der Waals surface area contributed by atoms with Crippen LogP contribution in [0.1, 0.15) is 58.2 Å². The molecule has 0 bridgehead atoms. The summed E-state index contributed by atoms with van der Waals surface area (Å²) in [5, 5.41) is 7.32. The molecular weight excluding hydrogens is 997 g/mol. The molecule has 0 unspecified atom stereocenters. The molecule has 0 aliphatic rings. The Labute approximate surface area is 454 Å². The van der Waals surface area contributed by atoms with E-state index < -0.39 is 0 Å². The fourth-order valence-corrected chi connectivity index (χ4v) is 8.02. The van der Waals surface area contributed by atoms with Gasteiger partial charge in [0.05, 0.1) is 70.6 Å². The first-order valence-electron chi connectivity index (χ1n) is 24.5. The number of allylic oxidation sites excluding steroid dienone is 6. The lowest BCUT2D eigenvalue weighted by Gasteiger charge is -2.17. The van der Waals surface area contributed by atoms with Crippen molar-refractivity contribution in [3.05, 3.63) is 179 Å². The Morgan fingerprint density at radius 2 is 1.19 bits per heavy atom. The van der Waals surface area contributed by atoms with E-state index in [1.165, 1.54) is 39.7 Å². The van der Waals surface area contributed by atoms with Gasteiger partial charge in [-0.2, -0.15) is 0 Å². The van der Waals surface area contributed by atoms with Crippen molar-refractivity contribution in [3.63, 3.8) is 0 Å². The van der Waals surface area contributed by atoms with Gasteiger partial charge in [0.15, 0.2) is 51.8 Å². The molecule has 4 N–H and O–H groups in total. The molecule has 0 atom stereocenters. The molecule has 0 amide bonds. The zero-order chi connectivity index (χ0) is 56.1. The smallest absolute Gasteiger partial charge is 0.206 e. The lowest BCUT2D eigenvalue weighted by molar-refractivity contribution is 0.103. The summed E-state index contributed by atoms with van der Waals surface area (Å²) in [6.07, 6.45) is 18.7. The summed E-state index contributed by atoms with van der Waals surface area (Å²) in [6, 6.07) is 23.4. The summed E-state index contributed by atoms with van der Waals surface area (Å²) in [5.41, 5.74) is 9.27. The van der Waals surface area contributed by atoms with Gasteiger partial charge in [-0.25, -0.2) is 5.48 Å². The molecule has 0 radical (unpaired) electrons. The van der Waals surface area contributed by atoms with E-state index in [9.17, 15) is 9.59 Å². The van der Waals surface area contributed by atoms with E-state index >= 15 is 0 Å². The lowest BCUT2D eigenvalue weighted by atomic mass is 10.1. The minimum Gasteiger partial charge on any atom is -0.494 e. The van der Waals surface area contributed by atoms with Crippen molar-refractivity contribution in [2.24, 2.45) is 0 Å². The molecule has 1 heterocycles. The first-order chi connectivity index (χ1) is 37.9. The van der Waals surface area contributed by atoms with Crippen LogP contribution in [-0.4, -0.2) is 87.1 Å². The van der Waals surface area contributed by atoms with E-state index in [0.29, 0.717) is 86.6 Å². The van der Waals surface area contributed by atoms with Crippen LogP contribution in [0.5, 0.6) is 46.0 Å². The predicted octanol–water partition coefficient (Wildman–Crippen LogP) is 12.8.